The number of nitrogens with one attached hydrogen (secondary N) is 2. The summed E-state index contributed by atoms with van der Waals surface area (Å²) in [5.41, 5.74) is -0.778. The van der Waals surface area contributed by atoms with Gasteiger partial charge in [-0.3, -0.25) is 19.2 Å². The highest BCUT2D eigenvalue weighted by molar-refractivity contribution is 8.00. The number of hydrogen-bond donors (Lipinski definition) is 2. The van der Waals surface area contributed by atoms with Crippen LogP contribution in [-0.4, -0.2) is 41.7 Å². The molecule has 3 atom stereocenters. The molecule has 0 radical (unpaired) electrons. The number of ether oxygens (including phenoxy) is 2. The van der Waals surface area contributed by atoms with E-state index in [-0.39, 0.29) is 10.8 Å². The molecule has 45 heavy (non-hydrogen) atoms. The monoisotopic (exact) mass is 675 g/mol. The molecule has 6 rings (SSSR count). The Morgan fingerprint density at radius 2 is 1.78 bits per heavy atom. The number of anilines is 2. The standard InChI is InChI=1S/C30H21ClF3N3O6S2/c1-42-16-9-7-15(8-10-16)37-27(39)23-22(24-26(36-29(41)45-24)44-25(23)28(37)40)17-12-14(31)6-11-20(17)43-13-21(38)35-19-5-3-2-4-18(19)30(32,33)34/h2-12,22-23,25H,13H2,1H3,(H,35,38)(H,36,41)/t22-,23-,25+/m0/s1. The zero-order valence-corrected chi connectivity index (χ0v) is 25.4. The van der Waals surface area contributed by atoms with Crippen LogP contribution in [0.4, 0.5) is 24.5 Å². The molecule has 0 spiro atoms. The van der Waals surface area contributed by atoms with Crippen LogP contribution in [0.25, 0.3) is 0 Å². The molecule has 1 aromatic heterocycles. The van der Waals surface area contributed by atoms with E-state index < -0.39 is 63.7 Å². The number of alkyl halides is 3. The molecule has 9 nitrogen and oxygen atoms in total. The molecule has 2 aliphatic heterocycles. The Bertz CT molecular complexity index is 1880. The third kappa shape index (κ3) is 5.80. The van der Waals surface area contributed by atoms with Crippen molar-refractivity contribution in [3.63, 3.8) is 0 Å². The largest absolute Gasteiger partial charge is 0.497 e. The maximum atomic E-state index is 14.0. The number of thiazole rings is 1. The van der Waals surface area contributed by atoms with E-state index >= 15 is 0 Å². The number of imide groups is 1. The number of amides is 3. The average Bonchev–Trinajstić information content (AvgIpc) is 3.50. The predicted molar refractivity (Wildman–Crippen MR) is 162 cm³/mol. The molecule has 0 unspecified atom stereocenters. The van der Waals surface area contributed by atoms with Crippen molar-refractivity contribution >= 4 is 63.8 Å². The lowest BCUT2D eigenvalue weighted by Crippen LogP contribution is -2.32. The van der Waals surface area contributed by atoms with Crippen molar-refractivity contribution in [3.05, 3.63) is 97.4 Å². The number of para-hydroxylation sites is 1. The number of thioether (sulfide) groups is 1. The number of aromatic amines is 1. The predicted octanol–water partition coefficient (Wildman–Crippen LogP) is 5.93. The molecule has 2 N–H and O–H groups in total. The third-order valence-electron chi connectivity index (χ3n) is 7.33. The van der Waals surface area contributed by atoms with E-state index in [1.54, 1.807) is 24.3 Å². The van der Waals surface area contributed by atoms with Crippen LogP contribution in [-0.2, 0) is 20.6 Å². The van der Waals surface area contributed by atoms with E-state index in [0.717, 1.165) is 40.1 Å². The summed E-state index contributed by atoms with van der Waals surface area (Å²) in [5, 5.41) is 1.99. The Morgan fingerprint density at radius 3 is 2.49 bits per heavy atom. The molecule has 2 aliphatic rings. The summed E-state index contributed by atoms with van der Waals surface area (Å²) in [6, 6.07) is 15.4. The SMILES string of the molecule is COc1ccc(N2C(=O)[C@H]3[C@H](c4cc(Cl)ccc4OCC(=O)Nc4ccccc4C(F)(F)F)c4sc(=O)[nH]c4S[C@H]3C2=O)cc1. The van der Waals surface area contributed by atoms with Gasteiger partial charge in [-0.2, -0.15) is 13.2 Å². The number of benzene rings is 3. The summed E-state index contributed by atoms with van der Waals surface area (Å²) >= 11 is 8.34. The Hall–Kier alpha value is -4.27. The lowest BCUT2D eigenvalue weighted by atomic mass is 9.82. The van der Waals surface area contributed by atoms with E-state index in [9.17, 15) is 32.3 Å². The molecule has 232 valence electrons. The van der Waals surface area contributed by atoms with Gasteiger partial charge in [0.05, 0.1) is 35.0 Å². The second-order valence-corrected chi connectivity index (χ2v) is 12.6. The number of H-pyrrole nitrogens is 1. The Morgan fingerprint density at radius 1 is 1.04 bits per heavy atom. The first-order valence-electron chi connectivity index (χ1n) is 13.3. The molecule has 3 amide bonds. The number of aromatic nitrogens is 1. The van der Waals surface area contributed by atoms with Crippen LogP contribution in [0.5, 0.6) is 11.5 Å². The normalized spacial score (nSPS) is 19.2. The minimum absolute atomic E-state index is 0.101. The first-order chi connectivity index (χ1) is 21.5. The molecule has 3 aromatic carbocycles. The highest BCUT2D eigenvalue weighted by Crippen LogP contribution is 2.54. The van der Waals surface area contributed by atoms with Crippen LogP contribution in [0.15, 0.2) is 76.6 Å². The first kappa shape index (κ1) is 30.7. The molecule has 15 heteroatoms. The quantitative estimate of drug-likeness (QED) is 0.233. The van der Waals surface area contributed by atoms with Crippen LogP contribution in [0.1, 0.15) is 21.9 Å². The Labute approximate surface area is 266 Å². The molecule has 0 saturated carbocycles. The number of halogens is 4. The van der Waals surface area contributed by atoms with Crippen molar-refractivity contribution < 1.29 is 37.0 Å². The van der Waals surface area contributed by atoms with Gasteiger partial charge in [-0.1, -0.05) is 46.8 Å². The maximum absolute atomic E-state index is 14.0. The lowest BCUT2D eigenvalue weighted by Gasteiger charge is -2.31. The summed E-state index contributed by atoms with van der Waals surface area (Å²) < 4.78 is 51.3. The van der Waals surface area contributed by atoms with Crippen molar-refractivity contribution in [3.8, 4) is 11.5 Å². The van der Waals surface area contributed by atoms with Crippen molar-refractivity contribution in [2.75, 3.05) is 23.9 Å². The number of rotatable bonds is 7. The van der Waals surface area contributed by atoms with Crippen LogP contribution >= 0.6 is 34.7 Å². The van der Waals surface area contributed by atoms with Gasteiger partial charge in [0.25, 0.3) is 5.91 Å². The van der Waals surface area contributed by atoms with Gasteiger partial charge in [0.15, 0.2) is 6.61 Å². The average molecular weight is 676 g/mol. The zero-order valence-electron chi connectivity index (χ0n) is 23.0. The van der Waals surface area contributed by atoms with E-state index in [2.05, 4.69) is 10.3 Å². The molecule has 1 saturated heterocycles. The highest BCUT2D eigenvalue weighted by Gasteiger charge is 2.57. The fraction of sp³-hybridized carbons (Fsp3) is 0.200. The van der Waals surface area contributed by atoms with Crippen LogP contribution < -0.4 is 24.6 Å². The van der Waals surface area contributed by atoms with Crippen molar-refractivity contribution in [2.45, 2.75) is 22.4 Å². The van der Waals surface area contributed by atoms with Gasteiger partial charge in [-0.25, -0.2) is 4.90 Å². The number of carbonyl (C=O) groups excluding carboxylic acids is 3. The van der Waals surface area contributed by atoms with Crippen LogP contribution in [0.2, 0.25) is 5.02 Å². The molecular formula is C30H21ClF3N3O6S2. The van der Waals surface area contributed by atoms with E-state index in [0.29, 0.717) is 26.9 Å². The highest BCUT2D eigenvalue weighted by atomic mass is 35.5. The molecular weight excluding hydrogens is 655 g/mol. The number of hydrogen-bond acceptors (Lipinski definition) is 8. The molecule has 4 aromatic rings. The zero-order chi connectivity index (χ0) is 32.0. The molecule has 0 bridgehead atoms. The van der Waals surface area contributed by atoms with Gasteiger partial charge in [-0.05, 0) is 54.6 Å². The van der Waals surface area contributed by atoms with Gasteiger partial charge in [0.1, 0.15) is 16.7 Å². The van der Waals surface area contributed by atoms with Crippen LogP contribution in [0, 0.1) is 5.92 Å². The second kappa shape index (κ2) is 11.9. The summed E-state index contributed by atoms with van der Waals surface area (Å²) in [7, 11) is 1.49. The molecule has 1 fully saturated rings. The third-order valence-corrected chi connectivity index (χ3v) is 9.96. The van der Waals surface area contributed by atoms with E-state index in [1.807, 2.05) is 0 Å². The lowest BCUT2D eigenvalue weighted by molar-refractivity contribution is -0.137. The van der Waals surface area contributed by atoms with Crippen LogP contribution in [0.3, 0.4) is 0 Å². The van der Waals surface area contributed by atoms with Gasteiger partial charge >= 0.3 is 11.0 Å². The smallest absolute Gasteiger partial charge is 0.418 e. The number of methoxy groups -OCH3 is 1. The van der Waals surface area contributed by atoms with Crippen molar-refractivity contribution in [1.29, 1.82) is 0 Å². The summed E-state index contributed by atoms with van der Waals surface area (Å²) in [4.78, 5) is 56.9. The van der Waals surface area contributed by atoms with Gasteiger partial charge in [-0.15, -0.1) is 0 Å². The fourth-order valence-electron chi connectivity index (χ4n) is 5.40. The second-order valence-electron chi connectivity index (χ2n) is 10.0. The minimum Gasteiger partial charge on any atom is -0.497 e. The number of carbonyl (C=O) groups is 3. The topological polar surface area (TPSA) is 118 Å². The van der Waals surface area contributed by atoms with Gasteiger partial charge in [0, 0.05) is 21.4 Å². The number of fused-ring (bicyclic) bond motifs is 2. The summed E-state index contributed by atoms with van der Waals surface area (Å²) in [6.07, 6.45) is -4.69. The first-order valence-corrected chi connectivity index (χ1v) is 15.3. The van der Waals surface area contributed by atoms with Crippen molar-refractivity contribution in [1.82, 2.24) is 4.98 Å². The van der Waals surface area contributed by atoms with Crippen molar-refractivity contribution in [2.24, 2.45) is 5.92 Å². The summed E-state index contributed by atoms with van der Waals surface area (Å²) in [5.74, 6) is -3.07. The number of nitrogens with zero attached hydrogens (tertiary/aromatic N) is 1. The van der Waals surface area contributed by atoms with Gasteiger partial charge in [0.2, 0.25) is 11.8 Å². The molecule has 0 aliphatic carbocycles. The van der Waals surface area contributed by atoms with Gasteiger partial charge < -0.3 is 19.8 Å². The maximum Gasteiger partial charge on any atom is 0.418 e. The summed E-state index contributed by atoms with van der Waals surface area (Å²) in [6.45, 7) is -0.683. The van der Waals surface area contributed by atoms with E-state index in [4.69, 9.17) is 21.1 Å². The Kier molecular flexibility index (Phi) is 8.14. The Balaban J connectivity index is 1.34. The minimum atomic E-state index is -4.69. The molecule has 3 heterocycles. The fourth-order valence-corrected chi connectivity index (χ4v) is 8.09. The van der Waals surface area contributed by atoms with E-state index in [1.165, 1.54) is 37.4 Å².